The maximum atomic E-state index is 12.8. The third-order valence-electron chi connectivity index (χ3n) is 3.08. The highest BCUT2D eigenvalue weighted by molar-refractivity contribution is 5.27. The number of halogens is 1. The van der Waals surface area contributed by atoms with Crippen molar-refractivity contribution in [3.05, 3.63) is 65.5 Å². The number of aliphatic hydroxyl groups is 1. The van der Waals surface area contributed by atoms with Crippen LogP contribution in [0.1, 0.15) is 17.2 Å². The summed E-state index contributed by atoms with van der Waals surface area (Å²) >= 11 is 0. The first-order valence-corrected chi connectivity index (χ1v) is 6.46. The molecule has 2 aromatic carbocycles. The summed E-state index contributed by atoms with van der Waals surface area (Å²) in [5, 5.41) is 13.1. The third kappa shape index (κ3) is 4.05. The van der Waals surface area contributed by atoms with E-state index in [2.05, 4.69) is 5.32 Å². The molecule has 1 unspecified atom stereocenters. The molecule has 0 aliphatic rings. The zero-order valence-corrected chi connectivity index (χ0v) is 11.3. The van der Waals surface area contributed by atoms with Gasteiger partial charge in [0.25, 0.3) is 0 Å². The van der Waals surface area contributed by atoms with E-state index < -0.39 is 6.10 Å². The van der Waals surface area contributed by atoms with Crippen LogP contribution in [-0.2, 0) is 6.54 Å². The first kappa shape index (κ1) is 14.5. The molecule has 2 aromatic rings. The fourth-order valence-corrected chi connectivity index (χ4v) is 1.90. The lowest BCUT2D eigenvalue weighted by Gasteiger charge is -2.12. The molecule has 0 aliphatic heterocycles. The van der Waals surface area contributed by atoms with Crippen LogP contribution in [0.3, 0.4) is 0 Å². The largest absolute Gasteiger partial charge is 0.497 e. The second-order valence-electron chi connectivity index (χ2n) is 4.55. The molecule has 2 rings (SSSR count). The van der Waals surface area contributed by atoms with Gasteiger partial charge in [-0.05, 0) is 35.4 Å². The van der Waals surface area contributed by atoms with Crippen molar-refractivity contribution in [3.63, 3.8) is 0 Å². The molecule has 20 heavy (non-hydrogen) atoms. The zero-order chi connectivity index (χ0) is 14.4. The van der Waals surface area contributed by atoms with Crippen LogP contribution < -0.4 is 10.1 Å². The third-order valence-corrected chi connectivity index (χ3v) is 3.08. The summed E-state index contributed by atoms with van der Waals surface area (Å²) in [6.45, 7) is 1.07. The molecule has 0 saturated carbocycles. The van der Waals surface area contributed by atoms with Gasteiger partial charge in [-0.3, -0.25) is 0 Å². The number of hydrogen-bond donors (Lipinski definition) is 2. The first-order chi connectivity index (χ1) is 9.69. The Balaban J connectivity index is 1.81. The van der Waals surface area contributed by atoms with Gasteiger partial charge in [0.2, 0.25) is 0 Å². The Labute approximate surface area is 118 Å². The molecule has 106 valence electrons. The van der Waals surface area contributed by atoms with Gasteiger partial charge in [-0.25, -0.2) is 4.39 Å². The lowest BCUT2D eigenvalue weighted by molar-refractivity contribution is 0.174. The van der Waals surface area contributed by atoms with E-state index in [1.54, 1.807) is 19.2 Å². The van der Waals surface area contributed by atoms with Gasteiger partial charge in [0, 0.05) is 13.1 Å². The van der Waals surface area contributed by atoms with E-state index in [0.29, 0.717) is 18.7 Å². The highest BCUT2D eigenvalue weighted by atomic mass is 19.1. The Hall–Kier alpha value is -1.91. The van der Waals surface area contributed by atoms with E-state index in [-0.39, 0.29) is 5.82 Å². The topological polar surface area (TPSA) is 41.5 Å². The van der Waals surface area contributed by atoms with Crippen molar-refractivity contribution in [1.82, 2.24) is 5.32 Å². The summed E-state index contributed by atoms with van der Waals surface area (Å²) in [7, 11) is 1.63. The maximum absolute atomic E-state index is 12.8. The summed E-state index contributed by atoms with van der Waals surface area (Å²) in [5.74, 6) is 0.521. The van der Waals surface area contributed by atoms with Crippen LogP contribution in [-0.4, -0.2) is 18.8 Å². The normalized spacial score (nSPS) is 12.2. The smallest absolute Gasteiger partial charge is 0.123 e. The molecule has 0 bridgehead atoms. The molecule has 0 amide bonds. The van der Waals surface area contributed by atoms with Gasteiger partial charge in [-0.15, -0.1) is 0 Å². The van der Waals surface area contributed by atoms with Crippen molar-refractivity contribution in [3.8, 4) is 5.75 Å². The van der Waals surface area contributed by atoms with Crippen LogP contribution in [0.4, 0.5) is 4.39 Å². The number of nitrogens with one attached hydrogen (secondary N) is 1. The Morgan fingerprint density at radius 2 is 1.75 bits per heavy atom. The van der Waals surface area contributed by atoms with Gasteiger partial charge in [0.15, 0.2) is 0 Å². The Bertz CT molecular complexity index is 525. The minimum Gasteiger partial charge on any atom is -0.497 e. The summed E-state index contributed by atoms with van der Waals surface area (Å²) in [6.07, 6.45) is -0.645. The van der Waals surface area contributed by atoms with Crippen LogP contribution in [0.5, 0.6) is 5.75 Å². The second kappa shape index (κ2) is 7.03. The highest BCUT2D eigenvalue weighted by Gasteiger charge is 2.06. The van der Waals surface area contributed by atoms with Crippen molar-refractivity contribution in [1.29, 1.82) is 0 Å². The second-order valence-corrected chi connectivity index (χ2v) is 4.55. The van der Waals surface area contributed by atoms with Gasteiger partial charge in [-0.2, -0.15) is 0 Å². The summed E-state index contributed by atoms with van der Waals surface area (Å²) in [4.78, 5) is 0. The molecule has 0 aliphatic carbocycles. The molecule has 0 heterocycles. The molecule has 0 fully saturated rings. The predicted octanol–water partition coefficient (Wildman–Crippen LogP) is 2.66. The lowest BCUT2D eigenvalue weighted by Crippen LogP contribution is -2.21. The maximum Gasteiger partial charge on any atom is 0.123 e. The van der Waals surface area contributed by atoms with E-state index in [4.69, 9.17) is 4.74 Å². The van der Waals surface area contributed by atoms with E-state index in [1.807, 2.05) is 24.3 Å². The van der Waals surface area contributed by atoms with Crippen LogP contribution in [0.2, 0.25) is 0 Å². The first-order valence-electron chi connectivity index (χ1n) is 6.46. The average Bonchev–Trinajstić information content (AvgIpc) is 2.48. The van der Waals surface area contributed by atoms with Gasteiger partial charge in [-0.1, -0.05) is 24.3 Å². The Morgan fingerprint density at radius 3 is 2.35 bits per heavy atom. The van der Waals surface area contributed by atoms with Gasteiger partial charge < -0.3 is 15.2 Å². The molecule has 0 radical (unpaired) electrons. The number of aliphatic hydroxyl groups excluding tert-OH is 1. The molecular formula is C16H18FNO2. The molecule has 0 saturated heterocycles. The van der Waals surface area contributed by atoms with Crippen LogP contribution in [0, 0.1) is 5.82 Å². The van der Waals surface area contributed by atoms with E-state index in [1.165, 1.54) is 12.1 Å². The van der Waals surface area contributed by atoms with Crippen molar-refractivity contribution in [2.75, 3.05) is 13.7 Å². The van der Waals surface area contributed by atoms with Crippen LogP contribution >= 0.6 is 0 Å². The molecule has 0 aromatic heterocycles. The van der Waals surface area contributed by atoms with Gasteiger partial charge in [0.05, 0.1) is 13.2 Å². The van der Waals surface area contributed by atoms with Crippen molar-refractivity contribution in [2.45, 2.75) is 12.6 Å². The summed E-state index contributed by atoms with van der Waals surface area (Å²) < 4.78 is 17.9. The van der Waals surface area contributed by atoms with Crippen molar-refractivity contribution >= 4 is 0 Å². The number of rotatable bonds is 6. The molecule has 4 heteroatoms. The van der Waals surface area contributed by atoms with Crippen molar-refractivity contribution < 1.29 is 14.2 Å². The van der Waals surface area contributed by atoms with E-state index in [0.717, 1.165) is 11.3 Å². The standard InChI is InChI=1S/C16H18FNO2/c1-20-15-8-2-12(3-9-15)10-18-11-16(19)13-4-6-14(17)7-5-13/h2-9,16,18-19H,10-11H2,1H3. The minimum atomic E-state index is -0.645. The Morgan fingerprint density at radius 1 is 1.10 bits per heavy atom. The molecular weight excluding hydrogens is 257 g/mol. The molecule has 2 N–H and O–H groups in total. The number of hydrogen-bond acceptors (Lipinski definition) is 3. The van der Waals surface area contributed by atoms with Gasteiger partial charge >= 0.3 is 0 Å². The van der Waals surface area contributed by atoms with Crippen LogP contribution in [0.15, 0.2) is 48.5 Å². The van der Waals surface area contributed by atoms with E-state index >= 15 is 0 Å². The Kier molecular flexibility index (Phi) is 5.09. The number of benzene rings is 2. The fraction of sp³-hybridized carbons (Fsp3) is 0.250. The van der Waals surface area contributed by atoms with Gasteiger partial charge in [0.1, 0.15) is 11.6 Å². The lowest BCUT2D eigenvalue weighted by atomic mass is 10.1. The van der Waals surface area contributed by atoms with Crippen LogP contribution in [0.25, 0.3) is 0 Å². The quantitative estimate of drug-likeness (QED) is 0.851. The van der Waals surface area contributed by atoms with Crippen molar-refractivity contribution in [2.24, 2.45) is 0 Å². The fourth-order valence-electron chi connectivity index (χ4n) is 1.90. The zero-order valence-electron chi connectivity index (χ0n) is 11.3. The highest BCUT2D eigenvalue weighted by Crippen LogP contribution is 2.13. The summed E-state index contributed by atoms with van der Waals surface area (Å²) in [6, 6.07) is 13.6. The molecule has 3 nitrogen and oxygen atoms in total. The minimum absolute atomic E-state index is 0.299. The summed E-state index contributed by atoms with van der Waals surface area (Å²) in [5.41, 5.74) is 1.81. The average molecular weight is 275 g/mol. The number of ether oxygens (including phenoxy) is 1. The monoisotopic (exact) mass is 275 g/mol. The predicted molar refractivity (Wildman–Crippen MR) is 76.1 cm³/mol. The van der Waals surface area contributed by atoms with E-state index in [9.17, 15) is 9.50 Å². The molecule has 0 spiro atoms. The molecule has 1 atom stereocenters. The number of methoxy groups -OCH3 is 1. The SMILES string of the molecule is COc1ccc(CNCC(O)c2ccc(F)cc2)cc1.